The fourth-order valence-corrected chi connectivity index (χ4v) is 1.57. The van der Waals surface area contributed by atoms with Crippen LogP contribution in [0.25, 0.3) is 0 Å². The van der Waals surface area contributed by atoms with E-state index < -0.39 is 0 Å². The second-order valence-corrected chi connectivity index (χ2v) is 4.66. The largest absolute Gasteiger partial charge is 0.489 e. The van der Waals surface area contributed by atoms with Gasteiger partial charge < -0.3 is 10.1 Å². The van der Waals surface area contributed by atoms with Gasteiger partial charge in [0.1, 0.15) is 5.75 Å². The number of para-hydroxylation sites is 1. The number of hydrogen-bond acceptors (Lipinski definition) is 2. The summed E-state index contributed by atoms with van der Waals surface area (Å²) in [5.41, 5.74) is 0. The molecule has 0 saturated heterocycles. The molecule has 1 aromatic rings. The minimum Gasteiger partial charge on any atom is -0.489 e. The topological polar surface area (TPSA) is 21.3 Å². The first kappa shape index (κ1) is 13.3. The molecule has 1 rings (SSSR count). The molecule has 0 aliphatic carbocycles. The molecule has 0 aliphatic rings. The summed E-state index contributed by atoms with van der Waals surface area (Å²) in [6.07, 6.45) is 1.15. The summed E-state index contributed by atoms with van der Waals surface area (Å²) in [5.74, 6) is 0.765. The van der Waals surface area contributed by atoms with Crippen molar-refractivity contribution in [2.45, 2.75) is 39.3 Å². The van der Waals surface area contributed by atoms with Crippen LogP contribution < -0.4 is 10.1 Å². The summed E-state index contributed by atoms with van der Waals surface area (Å²) >= 11 is 6.01. The zero-order valence-corrected chi connectivity index (χ0v) is 10.9. The predicted octanol–water partition coefficient (Wildman–Crippen LogP) is 3.50. The van der Waals surface area contributed by atoms with Crippen molar-refractivity contribution in [1.82, 2.24) is 5.32 Å². The van der Waals surface area contributed by atoms with Crippen molar-refractivity contribution in [3.63, 3.8) is 0 Å². The van der Waals surface area contributed by atoms with Crippen LogP contribution in [0.1, 0.15) is 27.2 Å². The van der Waals surface area contributed by atoms with Gasteiger partial charge in [-0.05, 0) is 32.0 Å². The number of rotatable bonds is 6. The molecule has 1 unspecified atom stereocenters. The van der Waals surface area contributed by atoms with Gasteiger partial charge in [0.15, 0.2) is 0 Å². The molecule has 0 radical (unpaired) electrons. The molecular formula is C13H20ClNO. The van der Waals surface area contributed by atoms with Gasteiger partial charge in [0.05, 0.1) is 11.1 Å². The van der Waals surface area contributed by atoms with Crippen LogP contribution >= 0.6 is 11.6 Å². The summed E-state index contributed by atoms with van der Waals surface area (Å²) in [7, 11) is 0. The average molecular weight is 242 g/mol. The highest BCUT2D eigenvalue weighted by Crippen LogP contribution is 2.24. The van der Waals surface area contributed by atoms with Gasteiger partial charge in [0.2, 0.25) is 0 Å². The molecule has 0 amide bonds. The van der Waals surface area contributed by atoms with Crippen LogP contribution in [0, 0.1) is 0 Å². The second-order valence-electron chi connectivity index (χ2n) is 4.26. The number of nitrogens with one attached hydrogen (secondary N) is 1. The minimum atomic E-state index is 0.172. The zero-order valence-electron chi connectivity index (χ0n) is 10.2. The van der Waals surface area contributed by atoms with Gasteiger partial charge in [-0.15, -0.1) is 0 Å². The Morgan fingerprint density at radius 2 is 1.94 bits per heavy atom. The average Bonchev–Trinajstić information content (AvgIpc) is 2.21. The van der Waals surface area contributed by atoms with Crippen LogP contribution in [0.2, 0.25) is 5.02 Å². The van der Waals surface area contributed by atoms with E-state index in [1.54, 1.807) is 0 Å². The summed E-state index contributed by atoms with van der Waals surface area (Å²) < 4.78 is 5.75. The minimum absolute atomic E-state index is 0.172. The molecule has 90 valence electrons. The maximum Gasteiger partial charge on any atom is 0.138 e. The Balaban J connectivity index is 2.34. The van der Waals surface area contributed by atoms with Crippen LogP contribution in [0.5, 0.6) is 5.75 Å². The van der Waals surface area contributed by atoms with Gasteiger partial charge in [-0.1, -0.05) is 37.6 Å². The molecule has 0 spiro atoms. The molecule has 1 atom stereocenters. The third-order valence-electron chi connectivity index (χ3n) is 2.27. The van der Waals surface area contributed by atoms with E-state index in [9.17, 15) is 0 Å². The van der Waals surface area contributed by atoms with Crippen molar-refractivity contribution < 1.29 is 4.74 Å². The molecule has 3 heteroatoms. The van der Waals surface area contributed by atoms with E-state index in [1.807, 2.05) is 24.3 Å². The van der Waals surface area contributed by atoms with Gasteiger partial charge in [-0.3, -0.25) is 0 Å². The van der Waals surface area contributed by atoms with Crippen molar-refractivity contribution in [3.8, 4) is 5.75 Å². The highest BCUT2D eigenvalue weighted by atomic mass is 35.5. The van der Waals surface area contributed by atoms with Crippen molar-refractivity contribution in [3.05, 3.63) is 29.3 Å². The number of benzene rings is 1. The summed E-state index contributed by atoms with van der Waals surface area (Å²) in [4.78, 5) is 0. The Hall–Kier alpha value is -0.730. The van der Waals surface area contributed by atoms with Gasteiger partial charge in [-0.2, -0.15) is 0 Å². The fraction of sp³-hybridized carbons (Fsp3) is 0.538. The highest BCUT2D eigenvalue weighted by Gasteiger charge is 2.06. The molecule has 0 aromatic heterocycles. The zero-order chi connectivity index (χ0) is 12.0. The Morgan fingerprint density at radius 3 is 2.56 bits per heavy atom. The molecule has 0 aliphatic heterocycles. The lowest BCUT2D eigenvalue weighted by Crippen LogP contribution is -2.27. The number of hydrogen-bond donors (Lipinski definition) is 1. The standard InChI is InChI=1S/C13H20ClNO/c1-10(2)15-9-8-11(3)16-13-7-5-4-6-12(13)14/h4-7,10-11,15H,8-9H2,1-3H3. The molecule has 1 N–H and O–H groups in total. The Labute approximate surface area is 103 Å². The van der Waals surface area contributed by atoms with Crippen LogP contribution in [0.4, 0.5) is 0 Å². The molecule has 0 fully saturated rings. The first-order valence-corrected chi connectivity index (χ1v) is 6.12. The van der Waals surface area contributed by atoms with E-state index in [1.165, 1.54) is 0 Å². The first-order chi connectivity index (χ1) is 7.59. The Bertz CT molecular complexity index is 315. The van der Waals surface area contributed by atoms with Crippen LogP contribution in [-0.2, 0) is 0 Å². The van der Waals surface area contributed by atoms with Gasteiger partial charge in [0.25, 0.3) is 0 Å². The third-order valence-corrected chi connectivity index (χ3v) is 2.58. The van der Waals surface area contributed by atoms with E-state index in [2.05, 4.69) is 26.1 Å². The lowest BCUT2D eigenvalue weighted by molar-refractivity contribution is 0.209. The molecule has 16 heavy (non-hydrogen) atoms. The lowest BCUT2D eigenvalue weighted by atomic mass is 10.2. The predicted molar refractivity (Wildman–Crippen MR) is 69.3 cm³/mol. The Kier molecular flexibility index (Phi) is 5.64. The molecule has 0 heterocycles. The monoisotopic (exact) mass is 241 g/mol. The maximum atomic E-state index is 6.01. The number of halogens is 1. The maximum absolute atomic E-state index is 6.01. The highest BCUT2D eigenvalue weighted by molar-refractivity contribution is 6.32. The normalized spacial score (nSPS) is 12.8. The van der Waals surface area contributed by atoms with Crippen molar-refractivity contribution in [2.24, 2.45) is 0 Å². The SMILES string of the molecule is CC(C)NCCC(C)Oc1ccccc1Cl. The Morgan fingerprint density at radius 1 is 1.25 bits per heavy atom. The summed E-state index contributed by atoms with van der Waals surface area (Å²) in [6.45, 7) is 7.30. The van der Waals surface area contributed by atoms with Gasteiger partial charge in [0, 0.05) is 6.04 Å². The van der Waals surface area contributed by atoms with Gasteiger partial charge >= 0.3 is 0 Å². The smallest absolute Gasteiger partial charge is 0.138 e. The second kappa shape index (κ2) is 6.77. The van der Waals surface area contributed by atoms with E-state index in [0.29, 0.717) is 11.1 Å². The molecule has 2 nitrogen and oxygen atoms in total. The van der Waals surface area contributed by atoms with E-state index >= 15 is 0 Å². The molecular weight excluding hydrogens is 222 g/mol. The van der Waals surface area contributed by atoms with E-state index in [-0.39, 0.29) is 6.10 Å². The van der Waals surface area contributed by atoms with Crippen LogP contribution in [0.3, 0.4) is 0 Å². The third kappa shape index (κ3) is 4.86. The summed E-state index contributed by atoms with van der Waals surface area (Å²) in [5, 5.41) is 4.04. The van der Waals surface area contributed by atoms with Crippen LogP contribution in [0.15, 0.2) is 24.3 Å². The number of ether oxygens (including phenoxy) is 1. The molecule has 1 aromatic carbocycles. The van der Waals surface area contributed by atoms with E-state index in [4.69, 9.17) is 16.3 Å². The first-order valence-electron chi connectivity index (χ1n) is 5.74. The van der Waals surface area contributed by atoms with Crippen LogP contribution in [-0.4, -0.2) is 18.7 Å². The van der Waals surface area contributed by atoms with Crippen molar-refractivity contribution in [1.29, 1.82) is 0 Å². The van der Waals surface area contributed by atoms with E-state index in [0.717, 1.165) is 18.7 Å². The van der Waals surface area contributed by atoms with Crippen molar-refractivity contribution >= 4 is 11.6 Å². The summed E-state index contributed by atoms with van der Waals surface area (Å²) in [6, 6.07) is 8.10. The lowest BCUT2D eigenvalue weighted by Gasteiger charge is -2.16. The molecule has 0 bridgehead atoms. The molecule has 0 saturated carbocycles. The fourth-order valence-electron chi connectivity index (χ4n) is 1.39. The van der Waals surface area contributed by atoms with Gasteiger partial charge in [-0.25, -0.2) is 0 Å². The quantitative estimate of drug-likeness (QED) is 0.823. The van der Waals surface area contributed by atoms with Crippen molar-refractivity contribution in [2.75, 3.05) is 6.54 Å².